The Morgan fingerprint density at radius 1 is 1.40 bits per heavy atom. The van der Waals surface area contributed by atoms with Crippen LogP contribution < -0.4 is 0 Å². The monoisotopic (exact) mass is 348 g/mol. The predicted octanol–water partition coefficient (Wildman–Crippen LogP) is 3.85. The highest BCUT2D eigenvalue weighted by atomic mass is 16.4. The highest BCUT2D eigenvalue weighted by molar-refractivity contribution is 5.66. The molecule has 4 heteroatoms. The molecule has 0 spiro atoms. The summed E-state index contributed by atoms with van der Waals surface area (Å²) in [4.78, 5) is 10.5. The van der Waals surface area contributed by atoms with Crippen LogP contribution >= 0.6 is 0 Å². The van der Waals surface area contributed by atoms with E-state index in [4.69, 9.17) is 5.11 Å². The summed E-state index contributed by atoms with van der Waals surface area (Å²) in [5.74, 6) is 0.119. The van der Waals surface area contributed by atoms with E-state index in [1.165, 1.54) is 5.57 Å². The van der Waals surface area contributed by atoms with Crippen molar-refractivity contribution in [1.82, 2.24) is 0 Å². The van der Waals surface area contributed by atoms with Gasteiger partial charge in [-0.15, -0.1) is 0 Å². The number of carboxylic acids is 1. The third-order valence-corrected chi connectivity index (χ3v) is 5.42. The van der Waals surface area contributed by atoms with E-state index in [9.17, 15) is 15.0 Å². The fraction of sp³-hybridized carbons (Fsp3) is 0.667. The zero-order valence-corrected chi connectivity index (χ0v) is 15.2. The van der Waals surface area contributed by atoms with Crippen LogP contribution in [0.15, 0.2) is 36.0 Å². The highest BCUT2D eigenvalue weighted by Gasteiger charge is 2.42. The fourth-order valence-corrected chi connectivity index (χ4v) is 4.07. The van der Waals surface area contributed by atoms with Gasteiger partial charge >= 0.3 is 5.97 Å². The summed E-state index contributed by atoms with van der Waals surface area (Å²) in [7, 11) is 0. The number of hydrogen-bond donors (Lipinski definition) is 3. The van der Waals surface area contributed by atoms with Crippen molar-refractivity contribution >= 4 is 5.97 Å². The third-order valence-electron chi connectivity index (χ3n) is 5.42. The molecule has 2 rings (SSSR count). The molecule has 0 radical (unpaired) electrons. The lowest BCUT2D eigenvalue weighted by atomic mass is 9.89. The average Bonchev–Trinajstić information content (AvgIpc) is 3.06. The molecule has 4 nitrogen and oxygen atoms in total. The summed E-state index contributed by atoms with van der Waals surface area (Å²) in [6.45, 7) is 2.15. The molecule has 140 valence electrons. The number of unbranched alkanes of at least 4 members (excludes halogenated alkanes) is 2. The average molecular weight is 348 g/mol. The van der Waals surface area contributed by atoms with Gasteiger partial charge in [0.15, 0.2) is 0 Å². The molecule has 25 heavy (non-hydrogen) atoms. The van der Waals surface area contributed by atoms with E-state index in [2.05, 4.69) is 13.0 Å². The SMILES string of the molecule is CCCCC[C@H](O)/C=C/[C@@H]1[C@H]2CC(/C=C/CCC(=O)O)=C[C@H]2C[C@H]1O. The summed E-state index contributed by atoms with van der Waals surface area (Å²) in [6, 6.07) is 0. The van der Waals surface area contributed by atoms with Crippen LogP contribution in [0.3, 0.4) is 0 Å². The lowest BCUT2D eigenvalue weighted by Crippen LogP contribution is -2.17. The minimum absolute atomic E-state index is 0.104. The molecule has 0 aliphatic heterocycles. The fourth-order valence-electron chi connectivity index (χ4n) is 4.07. The normalized spacial score (nSPS) is 30.1. The van der Waals surface area contributed by atoms with Gasteiger partial charge in [0.2, 0.25) is 0 Å². The van der Waals surface area contributed by atoms with E-state index >= 15 is 0 Å². The Morgan fingerprint density at radius 3 is 2.92 bits per heavy atom. The van der Waals surface area contributed by atoms with Crippen molar-refractivity contribution in [2.24, 2.45) is 17.8 Å². The van der Waals surface area contributed by atoms with Crippen molar-refractivity contribution in [2.75, 3.05) is 0 Å². The van der Waals surface area contributed by atoms with Gasteiger partial charge in [-0.2, -0.15) is 0 Å². The maximum absolute atomic E-state index is 10.5. The molecule has 0 aromatic carbocycles. The van der Waals surface area contributed by atoms with Gasteiger partial charge in [0.1, 0.15) is 0 Å². The first kappa shape index (κ1) is 19.9. The predicted molar refractivity (Wildman–Crippen MR) is 99.1 cm³/mol. The van der Waals surface area contributed by atoms with Crippen molar-refractivity contribution in [3.63, 3.8) is 0 Å². The zero-order valence-electron chi connectivity index (χ0n) is 15.2. The van der Waals surface area contributed by atoms with E-state index in [0.717, 1.165) is 38.5 Å². The molecule has 0 aromatic rings. The van der Waals surface area contributed by atoms with Crippen LogP contribution in [0.5, 0.6) is 0 Å². The van der Waals surface area contributed by atoms with Gasteiger partial charge in [-0.1, -0.05) is 62.1 Å². The Labute approximate surface area is 151 Å². The van der Waals surface area contributed by atoms with E-state index < -0.39 is 12.1 Å². The van der Waals surface area contributed by atoms with Gasteiger partial charge < -0.3 is 15.3 Å². The second kappa shape index (κ2) is 9.93. The van der Waals surface area contributed by atoms with Crippen molar-refractivity contribution in [2.45, 2.75) is 70.5 Å². The van der Waals surface area contributed by atoms with Crippen molar-refractivity contribution in [3.8, 4) is 0 Å². The Kier molecular flexibility index (Phi) is 7.91. The number of rotatable bonds is 10. The van der Waals surface area contributed by atoms with Crippen LogP contribution in [0.4, 0.5) is 0 Å². The molecule has 1 saturated carbocycles. The summed E-state index contributed by atoms with van der Waals surface area (Å²) >= 11 is 0. The number of carbonyl (C=O) groups is 1. The van der Waals surface area contributed by atoms with Crippen molar-refractivity contribution in [3.05, 3.63) is 36.0 Å². The molecule has 0 aromatic heterocycles. The molecule has 0 heterocycles. The van der Waals surface area contributed by atoms with Gasteiger partial charge in [0, 0.05) is 12.3 Å². The highest BCUT2D eigenvalue weighted by Crippen LogP contribution is 2.47. The number of carboxylic acid groups (broad SMARTS) is 1. The van der Waals surface area contributed by atoms with Crippen LogP contribution in [-0.4, -0.2) is 33.5 Å². The standard InChI is InChI=1S/C21H32O4/c1-2-3-4-8-17(22)10-11-18-19-13-15(7-5-6-9-21(24)25)12-16(19)14-20(18)23/h5,7,10-12,16-20,22-23H,2-4,6,8-9,13-14H2,1H3,(H,24,25)/b7-5+,11-10+/t16-,17-,18+,19-,20+/m0/s1. The molecular weight excluding hydrogens is 316 g/mol. The van der Waals surface area contributed by atoms with E-state index in [1.807, 2.05) is 24.3 Å². The van der Waals surface area contributed by atoms with E-state index in [-0.39, 0.29) is 18.4 Å². The molecule has 5 atom stereocenters. The molecule has 2 aliphatic carbocycles. The number of fused-ring (bicyclic) bond motifs is 1. The summed E-state index contributed by atoms with van der Waals surface area (Å²) in [5.41, 5.74) is 1.24. The van der Waals surface area contributed by atoms with Gasteiger partial charge in [-0.05, 0) is 37.5 Å². The van der Waals surface area contributed by atoms with E-state index in [1.54, 1.807) is 0 Å². The molecule has 0 bridgehead atoms. The quantitative estimate of drug-likeness (QED) is 0.414. The number of allylic oxidation sites excluding steroid dienone is 4. The zero-order chi connectivity index (χ0) is 18.2. The van der Waals surface area contributed by atoms with Gasteiger partial charge in [-0.3, -0.25) is 4.79 Å². The van der Waals surface area contributed by atoms with Gasteiger partial charge in [-0.25, -0.2) is 0 Å². The molecule has 2 aliphatic rings. The summed E-state index contributed by atoms with van der Waals surface area (Å²) in [5, 5.41) is 29.1. The van der Waals surface area contributed by atoms with Crippen LogP contribution in [-0.2, 0) is 4.79 Å². The van der Waals surface area contributed by atoms with Crippen LogP contribution in [0.2, 0.25) is 0 Å². The number of aliphatic carboxylic acids is 1. The molecule has 0 unspecified atom stereocenters. The lowest BCUT2D eigenvalue weighted by molar-refractivity contribution is -0.136. The van der Waals surface area contributed by atoms with Crippen LogP contribution in [0, 0.1) is 17.8 Å². The molecule has 0 saturated heterocycles. The smallest absolute Gasteiger partial charge is 0.303 e. The maximum atomic E-state index is 10.5. The second-order valence-corrected chi connectivity index (χ2v) is 7.44. The summed E-state index contributed by atoms with van der Waals surface area (Å²) < 4.78 is 0. The topological polar surface area (TPSA) is 77.8 Å². The molecule has 3 N–H and O–H groups in total. The number of hydrogen-bond acceptors (Lipinski definition) is 3. The first-order valence-electron chi connectivity index (χ1n) is 9.64. The number of aliphatic hydroxyl groups is 2. The second-order valence-electron chi connectivity index (χ2n) is 7.44. The lowest BCUT2D eigenvalue weighted by Gasteiger charge is -2.18. The maximum Gasteiger partial charge on any atom is 0.303 e. The van der Waals surface area contributed by atoms with Crippen LogP contribution in [0.1, 0.15) is 58.3 Å². The van der Waals surface area contributed by atoms with Gasteiger partial charge in [0.05, 0.1) is 12.2 Å². The minimum Gasteiger partial charge on any atom is -0.481 e. The third kappa shape index (κ3) is 6.12. The summed E-state index contributed by atoms with van der Waals surface area (Å²) in [6.07, 6.45) is 15.9. The van der Waals surface area contributed by atoms with Crippen molar-refractivity contribution in [1.29, 1.82) is 0 Å². The first-order valence-corrected chi connectivity index (χ1v) is 9.64. The van der Waals surface area contributed by atoms with Gasteiger partial charge in [0.25, 0.3) is 0 Å². The Morgan fingerprint density at radius 2 is 2.20 bits per heavy atom. The minimum atomic E-state index is -0.771. The Hall–Kier alpha value is -1.39. The molecular formula is C21H32O4. The molecule has 1 fully saturated rings. The van der Waals surface area contributed by atoms with E-state index in [0.29, 0.717) is 18.3 Å². The first-order chi connectivity index (χ1) is 12.0. The largest absolute Gasteiger partial charge is 0.481 e. The van der Waals surface area contributed by atoms with Crippen LogP contribution in [0.25, 0.3) is 0 Å². The molecule has 0 amide bonds. The number of aliphatic hydroxyl groups excluding tert-OH is 2. The van der Waals surface area contributed by atoms with Crippen molar-refractivity contribution < 1.29 is 20.1 Å². The Bertz CT molecular complexity index is 520. The Balaban J connectivity index is 1.84.